The Labute approximate surface area is 107 Å². The molecule has 0 saturated carbocycles. The molecule has 0 aliphatic rings. The van der Waals surface area contributed by atoms with E-state index in [0.29, 0.717) is 6.54 Å². The van der Waals surface area contributed by atoms with Crippen LogP contribution in [0.15, 0.2) is 30.6 Å². The summed E-state index contributed by atoms with van der Waals surface area (Å²) >= 11 is 0. The number of nitrogens with zero attached hydrogens (tertiary/aromatic N) is 2. The van der Waals surface area contributed by atoms with Gasteiger partial charge in [0.25, 0.3) is 5.91 Å². The number of carbonyl (C=O) groups excluding carboxylic acids is 1. The van der Waals surface area contributed by atoms with Crippen LogP contribution < -0.4 is 0 Å². The zero-order valence-electron chi connectivity index (χ0n) is 10.9. The molecule has 94 valence electrons. The number of benzene rings is 1. The summed E-state index contributed by atoms with van der Waals surface area (Å²) in [4.78, 5) is 21.2. The molecule has 0 bridgehead atoms. The van der Waals surface area contributed by atoms with Crippen molar-refractivity contribution in [3.8, 4) is 0 Å². The SMILES string of the molecule is Cc1cccc(C)c1C(=O)N(C)Cc1ncc[nH]1. The van der Waals surface area contributed by atoms with E-state index in [2.05, 4.69) is 9.97 Å². The zero-order valence-corrected chi connectivity index (χ0v) is 10.9. The van der Waals surface area contributed by atoms with Crippen LogP contribution in [0.1, 0.15) is 27.3 Å². The maximum absolute atomic E-state index is 12.4. The Balaban J connectivity index is 2.21. The molecule has 1 amide bonds. The van der Waals surface area contributed by atoms with Gasteiger partial charge in [0, 0.05) is 25.0 Å². The molecule has 2 aromatic rings. The predicted molar refractivity (Wildman–Crippen MR) is 70.3 cm³/mol. The minimum Gasteiger partial charge on any atom is -0.347 e. The molecule has 4 heteroatoms. The van der Waals surface area contributed by atoms with Crippen molar-refractivity contribution in [1.29, 1.82) is 0 Å². The largest absolute Gasteiger partial charge is 0.347 e. The molecule has 1 heterocycles. The Kier molecular flexibility index (Phi) is 3.46. The van der Waals surface area contributed by atoms with Crippen LogP contribution in [0.25, 0.3) is 0 Å². The molecule has 18 heavy (non-hydrogen) atoms. The second-order valence-electron chi connectivity index (χ2n) is 4.46. The first-order valence-corrected chi connectivity index (χ1v) is 5.89. The average Bonchev–Trinajstić information content (AvgIpc) is 2.81. The fourth-order valence-electron chi connectivity index (χ4n) is 2.02. The molecular weight excluding hydrogens is 226 g/mol. The first-order valence-electron chi connectivity index (χ1n) is 5.89. The number of aromatic amines is 1. The molecule has 0 saturated heterocycles. The molecule has 0 radical (unpaired) electrons. The van der Waals surface area contributed by atoms with Gasteiger partial charge in [-0.1, -0.05) is 18.2 Å². The van der Waals surface area contributed by atoms with E-state index in [1.807, 2.05) is 32.0 Å². The van der Waals surface area contributed by atoms with E-state index in [1.165, 1.54) is 0 Å². The highest BCUT2D eigenvalue weighted by Gasteiger charge is 2.16. The third-order valence-corrected chi connectivity index (χ3v) is 2.98. The van der Waals surface area contributed by atoms with Crippen LogP contribution in [0.5, 0.6) is 0 Å². The fourth-order valence-corrected chi connectivity index (χ4v) is 2.02. The smallest absolute Gasteiger partial charge is 0.254 e. The molecule has 0 aliphatic heterocycles. The van der Waals surface area contributed by atoms with Crippen molar-refractivity contribution in [3.63, 3.8) is 0 Å². The van der Waals surface area contributed by atoms with E-state index >= 15 is 0 Å². The van der Waals surface area contributed by atoms with Gasteiger partial charge in [-0.25, -0.2) is 4.98 Å². The molecule has 0 fully saturated rings. The van der Waals surface area contributed by atoms with Gasteiger partial charge < -0.3 is 9.88 Å². The Bertz CT molecular complexity index is 526. The number of hydrogen-bond acceptors (Lipinski definition) is 2. The maximum Gasteiger partial charge on any atom is 0.254 e. The number of hydrogen-bond donors (Lipinski definition) is 1. The third-order valence-electron chi connectivity index (χ3n) is 2.98. The number of rotatable bonds is 3. The van der Waals surface area contributed by atoms with Gasteiger partial charge in [-0.3, -0.25) is 4.79 Å². The summed E-state index contributed by atoms with van der Waals surface area (Å²) in [5.74, 6) is 0.819. The molecule has 0 unspecified atom stereocenters. The molecule has 0 spiro atoms. The molecule has 1 aromatic carbocycles. The number of nitrogens with one attached hydrogen (secondary N) is 1. The zero-order chi connectivity index (χ0) is 13.1. The summed E-state index contributed by atoms with van der Waals surface area (Å²) in [6.45, 7) is 4.40. The second-order valence-corrected chi connectivity index (χ2v) is 4.46. The normalized spacial score (nSPS) is 10.4. The first-order chi connectivity index (χ1) is 8.59. The molecule has 1 aromatic heterocycles. The average molecular weight is 243 g/mol. The van der Waals surface area contributed by atoms with Crippen LogP contribution in [-0.2, 0) is 6.54 Å². The monoisotopic (exact) mass is 243 g/mol. The van der Waals surface area contributed by atoms with Gasteiger partial charge in [0.15, 0.2) is 0 Å². The van der Waals surface area contributed by atoms with Crippen molar-refractivity contribution in [2.24, 2.45) is 0 Å². The number of aryl methyl sites for hydroxylation is 2. The molecule has 2 rings (SSSR count). The van der Waals surface area contributed by atoms with E-state index < -0.39 is 0 Å². The predicted octanol–water partition coefficient (Wildman–Crippen LogP) is 2.30. The Morgan fingerprint density at radius 2 is 2.00 bits per heavy atom. The number of imidazole rings is 1. The van der Waals surface area contributed by atoms with E-state index in [9.17, 15) is 4.79 Å². The van der Waals surface area contributed by atoms with Crippen molar-refractivity contribution in [2.75, 3.05) is 7.05 Å². The molecule has 4 nitrogen and oxygen atoms in total. The summed E-state index contributed by atoms with van der Waals surface area (Å²) in [7, 11) is 1.79. The quantitative estimate of drug-likeness (QED) is 0.899. The van der Waals surface area contributed by atoms with Crippen molar-refractivity contribution in [3.05, 3.63) is 53.1 Å². The summed E-state index contributed by atoms with van der Waals surface area (Å²) in [6, 6.07) is 5.88. The van der Waals surface area contributed by atoms with Gasteiger partial charge in [-0.05, 0) is 25.0 Å². The highest BCUT2D eigenvalue weighted by atomic mass is 16.2. The lowest BCUT2D eigenvalue weighted by atomic mass is 10.0. The van der Waals surface area contributed by atoms with Crippen molar-refractivity contribution in [1.82, 2.24) is 14.9 Å². The Morgan fingerprint density at radius 1 is 1.33 bits per heavy atom. The van der Waals surface area contributed by atoms with Gasteiger partial charge in [0.05, 0.1) is 6.54 Å². The van der Waals surface area contributed by atoms with Gasteiger partial charge >= 0.3 is 0 Å². The summed E-state index contributed by atoms with van der Waals surface area (Å²) in [6.07, 6.45) is 3.44. The first kappa shape index (κ1) is 12.4. The molecule has 0 aliphatic carbocycles. The van der Waals surface area contributed by atoms with E-state index in [1.54, 1.807) is 24.3 Å². The van der Waals surface area contributed by atoms with E-state index in [4.69, 9.17) is 0 Å². The lowest BCUT2D eigenvalue weighted by molar-refractivity contribution is 0.0780. The van der Waals surface area contributed by atoms with Gasteiger partial charge in [0.2, 0.25) is 0 Å². The number of aromatic nitrogens is 2. The molecule has 1 N–H and O–H groups in total. The summed E-state index contributed by atoms with van der Waals surface area (Å²) in [5.41, 5.74) is 2.80. The van der Waals surface area contributed by atoms with Crippen molar-refractivity contribution >= 4 is 5.91 Å². The number of H-pyrrole nitrogens is 1. The van der Waals surface area contributed by atoms with Crippen LogP contribution in [0.3, 0.4) is 0 Å². The third kappa shape index (κ3) is 2.42. The van der Waals surface area contributed by atoms with Crippen molar-refractivity contribution < 1.29 is 4.79 Å². The fraction of sp³-hybridized carbons (Fsp3) is 0.286. The van der Waals surface area contributed by atoms with Crippen LogP contribution in [0, 0.1) is 13.8 Å². The summed E-state index contributed by atoms with van der Waals surface area (Å²) in [5, 5.41) is 0. The van der Waals surface area contributed by atoms with Gasteiger partial charge in [0.1, 0.15) is 5.82 Å². The standard InChI is InChI=1S/C14H17N3O/c1-10-5-4-6-11(2)13(10)14(18)17(3)9-12-15-7-8-16-12/h4-8H,9H2,1-3H3,(H,15,16). The van der Waals surface area contributed by atoms with Crippen LogP contribution in [0.2, 0.25) is 0 Å². The van der Waals surface area contributed by atoms with Crippen LogP contribution >= 0.6 is 0 Å². The maximum atomic E-state index is 12.4. The topological polar surface area (TPSA) is 49.0 Å². The minimum atomic E-state index is 0.0296. The highest BCUT2D eigenvalue weighted by molar-refractivity contribution is 5.96. The number of amides is 1. The van der Waals surface area contributed by atoms with Gasteiger partial charge in [-0.2, -0.15) is 0 Å². The van der Waals surface area contributed by atoms with Gasteiger partial charge in [-0.15, -0.1) is 0 Å². The lowest BCUT2D eigenvalue weighted by Crippen LogP contribution is -2.28. The summed E-state index contributed by atoms with van der Waals surface area (Å²) < 4.78 is 0. The van der Waals surface area contributed by atoms with Crippen LogP contribution in [0.4, 0.5) is 0 Å². The van der Waals surface area contributed by atoms with E-state index in [0.717, 1.165) is 22.5 Å². The molecular formula is C14H17N3O. The van der Waals surface area contributed by atoms with Crippen molar-refractivity contribution in [2.45, 2.75) is 20.4 Å². The van der Waals surface area contributed by atoms with E-state index in [-0.39, 0.29) is 5.91 Å². The second kappa shape index (κ2) is 5.04. The number of carbonyl (C=O) groups is 1. The van der Waals surface area contributed by atoms with Crippen LogP contribution in [-0.4, -0.2) is 27.8 Å². The Morgan fingerprint density at radius 3 is 2.56 bits per heavy atom. The highest BCUT2D eigenvalue weighted by Crippen LogP contribution is 2.15. The Hall–Kier alpha value is -2.10. The lowest BCUT2D eigenvalue weighted by Gasteiger charge is -2.18. The molecule has 0 atom stereocenters. The minimum absolute atomic E-state index is 0.0296.